The summed E-state index contributed by atoms with van der Waals surface area (Å²) in [6.45, 7) is 4.86. The van der Waals surface area contributed by atoms with Gasteiger partial charge in [0, 0.05) is 52.9 Å². The van der Waals surface area contributed by atoms with Gasteiger partial charge in [0.25, 0.3) is 0 Å². The van der Waals surface area contributed by atoms with Gasteiger partial charge < -0.3 is 50.0 Å². The van der Waals surface area contributed by atoms with Crippen LogP contribution in [0.2, 0.25) is 0 Å². The molecule has 1 aromatic heterocycles. The fourth-order valence-electron chi connectivity index (χ4n) is 11.1. The molecule has 4 aliphatic carbocycles. The minimum atomic E-state index is -5.05. The van der Waals surface area contributed by atoms with E-state index in [1.165, 1.54) is 0 Å². The number of Topliss-reactive ketones (excluding diaryl/α,β-unsaturated/α-hetero) is 1. The van der Waals surface area contributed by atoms with Gasteiger partial charge in [-0.25, -0.2) is 4.57 Å². The summed E-state index contributed by atoms with van der Waals surface area (Å²) in [6.07, 6.45) is 5.46. The Morgan fingerprint density at radius 2 is 1.83 bits per heavy atom. The van der Waals surface area contributed by atoms with Crippen molar-refractivity contribution in [2.24, 2.45) is 28.6 Å². The van der Waals surface area contributed by atoms with E-state index in [4.69, 9.17) is 14.0 Å². The van der Waals surface area contributed by atoms with Gasteiger partial charge in [-0.15, -0.1) is 0 Å². The van der Waals surface area contributed by atoms with Crippen molar-refractivity contribution in [1.82, 2.24) is 15.2 Å². The smallest absolute Gasteiger partial charge is 0.470 e. The van der Waals surface area contributed by atoms with Crippen LogP contribution in [0.15, 0.2) is 60.3 Å². The number of aliphatic hydroxyl groups is 1. The molecular formula is C43H52BrN4O14P. The first kappa shape index (κ1) is 46.7. The van der Waals surface area contributed by atoms with Gasteiger partial charge in [0.2, 0.25) is 17.7 Å². The third-order valence-corrected chi connectivity index (χ3v) is 15.0. The number of anilines is 1. The number of hydrogen-bond acceptors (Lipinski definition) is 11. The predicted molar refractivity (Wildman–Crippen MR) is 227 cm³/mol. The number of rotatable bonds is 16. The fourth-order valence-corrected chi connectivity index (χ4v) is 11.6. The van der Waals surface area contributed by atoms with Crippen LogP contribution < -0.4 is 16.0 Å². The van der Waals surface area contributed by atoms with Crippen molar-refractivity contribution < 1.29 is 67.3 Å². The molecule has 18 nitrogen and oxygen atoms in total. The van der Waals surface area contributed by atoms with E-state index in [2.05, 4.69) is 31.9 Å². The van der Waals surface area contributed by atoms with Crippen molar-refractivity contribution in [2.45, 2.75) is 96.0 Å². The van der Waals surface area contributed by atoms with Crippen LogP contribution in [0.4, 0.5) is 5.69 Å². The van der Waals surface area contributed by atoms with Gasteiger partial charge in [-0.2, -0.15) is 0 Å². The zero-order chi connectivity index (χ0) is 45.6. The number of nitrogens with one attached hydrogen (secondary N) is 3. The molecule has 63 heavy (non-hydrogen) atoms. The summed E-state index contributed by atoms with van der Waals surface area (Å²) in [5.41, 5.74) is 0.284. The number of ketones is 2. The summed E-state index contributed by atoms with van der Waals surface area (Å²) in [6, 6.07) is 7.52. The monoisotopic (exact) mass is 958 g/mol. The fraction of sp³-hybridized carbons (Fsp3) is 0.535. The Hall–Kier alpha value is -4.33. The average Bonchev–Trinajstić information content (AvgIpc) is 3.86. The van der Waals surface area contributed by atoms with E-state index in [9.17, 15) is 53.3 Å². The number of benzene rings is 1. The van der Waals surface area contributed by atoms with Crippen molar-refractivity contribution in [2.75, 3.05) is 23.8 Å². The van der Waals surface area contributed by atoms with Crippen molar-refractivity contribution in [3.63, 3.8) is 0 Å². The Kier molecular flexibility index (Phi) is 13.3. The number of aliphatic hydroxyl groups excluding tert-OH is 1. The Bertz CT molecular complexity index is 2290. The molecule has 0 radical (unpaired) electrons. The molecular weight excluding hydrogens is 907 g/mol. The molecule has 20 heteroatoms. The summed E-state index contributed by atoms with van der Waals surface area (Å²) in [7, 11) is -5.05. The second-order valence-corrected chi connectivity index (χ2v) is 19.4. The summed E-state index contributed by atoms with van der Waals surface area (Å²) in [4.78, 5) is 94.2. The van der Waals surface area contributed by atoms with Gasteiger partial charge >= 0.3 is 13.8 Å². The Morgan fingerprint density at radius 1 is 1.10 bits per heavy atom. The highest BCUT2D eigenvalue weighted by atomic mass is 79.9. The number of amides is 3. The third-order valence-electron chi connectivity index (χ3n) is 14.0. The second-order valence-electron chi connectivity index (χ2n) is 17.6. The molecule has 5 aliphatic rings. The topological polar surface area (TPSA) is 269 Å². The van der Waals surface area contributed by atoms with Crippen LogP contribution >= 0.6 is 23.8 Å². The maximum atomic E-state index is 14.5. The minimum Gasteiger partial charge on any atom is -0.481 e. The number of allylic oxidation sites excluding steroid dienone is 4. The molecule has 0 spiro atoms. The number of carboxylic acid groups (broad SMARTS) is 1. The number of carboxylic acids is 1. The normalized spacial score (nSPS) is 31.2. The van der Waals surface area contributed by atoms with Crippen LogP contribution in [0.5, 0.6) is 0 Å². The van der Waals surface area contributed by atoms with E-state index in [0.717, 1.165) is 16.8 Å². The van der Waals surface area contributed by atoms with Gasteiger partial charge in [-0.3, -0.25) is 33.3 Å². The largest absolute Gasteiger partial charge is 0.481 e. The lowest BCUT2D eigenvalue weighted by molar-refractivity contribution is -0.201. The number of aromatic nitrogens is 1. The van der Waals surface area contributed by atoms with E-state index in [-0.39, 0.29) is 48.1 Å². The van der Waals surface area contributed by atoms with Crippen molar-refractivity contribution in [1.29, 1.82) is 0 Å². The van der Waals surface area contributed by atoms with Crippen molar-refractivity contribution in [3.05, 3.63) is 77.2 Å². The van der Waals surface area contributed by atoms with Gasteiger partial charge in [-0.1, -0.05) is 53.6 Å². The molecule has 10 atom stereocenters. The molecule has 340 valence electrons. The lowest BCUT2D eigenvalue weighted by Gasteiger charge is -2.59. The molecule has 4 fully saturated rings. The standard InChI is InChI=1S/C43H52BrN4O14P/c1-23-28(13-15-48(23)21-24-4-7-26(8-5-24)46-39(56)31(10-11-37(54)55)47-36(53)20-45-35(52)19-44)40-61-34-17-30-29-9-6-25-16-27(49)12-14-41(25,2)38(29)32(50)18-42(30,3)43(34,62-40)33(51)22-60-63(57,58)59/h4-5,7-8,12-16,29-32,34,38,40,50H,6,9-11,17-22H2,1-3H3,(H,45,52)(H,46,56)(H,47,53)(H,54,55)(H2,57,58,59)/t29-,30-,31-,32-,34+,38+,40+,41-,42-,43+/m0/s1. The first-order valence-corrected chi connectivity index (χ1v) is 23.4. The number of phosphoric ester groups is 1. The number of fused-ring (bicyclic) bond motifs is 7. The van der Waals surface area contributed by atoms with Crippen LogP contribution in [0, 0.1) is 35.5 Å². The van der Waals surface area contributed by atoms with Gasteiger partial charge in [-0.05, 0) is 86.8 Å². The number of halogens is 1. The average molecular weight is 960 g/mol. The maximum absolute atomic E-state index is 14.5. The third kappa shape index (κ3) is 9.03. The molecule has 7 N–H and O–H groups in total. The zero-order valence-electron chi connectivity index (χ0n) is 35.0. The summed E-state index contributed by atoms with van der Waals surface area (Å²) >= 11 is 2.98. The van der Waals surface area contributed by atoms with Gasteiger partial charge in [0.05, 0.1) is 24.1 Å². The first-order chi connectivity index (χ1) is 29.7. The number of alkyl halides is 1. The lowest BCUT2D eigenvalue weighted by atomic mass is 9.46. The number of aliphatic carboxylic acids is 1. The molecule has 0 unspecified atom stereocenters. The van der Waals surface area contributed by atoms with Crippen LogP contribution in [-0.4, -0.2) is 102 Å². The van der Waals surface area contributed by atoms with E-state index >= 15 is 0 Å². The molecule has 1 aliphatic heterocycles. The first-order valence-electron chi connectivity index (χ1n) is 20.8. The van der Waals surface area contributed by atoms with Crippen LogP contribution in [0.25, 0.3) is 0 Å². The second kappa shape index (κ2) is 17.9. The number of hydrogen-bond donors (Lipinski definition) is 7. The summed E-state index contributed by atoms with van der Waals surface area (Å²) in [5.74, 6) is -4.14. The quantitative estimate of drug-likeness (QED) is 0.0940. The summed E-state index contributed by atoms with van der Waals surface area (Å²) in [5, 5.41) is 28.8. The van der Waals surface area contributed by atoms with E-state index < -0.39 is 91.4 Å². The van der Waals surface area contributed by atoms with Crippen molar-refractivity contribution >= 4 is 64.7 Å². The van der Waals surface area contributed by atoms with Gasteiger partial charge in [0.1, 0.15) is 12.6 Å². The van der Waals surface area contributed by atoms with Crippen LogP contribution in [-0.2, 0) is 53.9 Å². The summed E-state index contributed by atoms with van der Waals surface area (Å²) < 4.78 is 32.1. The highest BCUT2D eigenvalue weighted by Gasteiger charge is 2.76. The van der Waals surface area contributed by atoms with Gasteiger partial charge in [0.15, 0.2) is 23.5 Å². The van der Waals surface area contributed by atoms with Crippen LogP contribution in [0.1, 0.15) is 75.5 Å². The lowest BCUT2D eigenvalue weighted by Crippen LogP contribution is -2.63. The molecule has 3 saturated carbocycles. The molecule has 2 heterocycles. The number of phosphoric acid groups is 1. The van der Waals surface area contributed by atoms with E-state index in [1.54, 1.807) is 36.4 Å². The SMILES string of the molecule is Cc1c([C@@H]2O[C@@H]3C[C@H]4[C@@H]5CCC6=CC(=O)C=C[C@]6(C)[C@H]5[C@@H](O)C[C@]4(C)[C@]3(C(=O)COP(=O)(O)O)O2)ccn1Cc1ccc(NC(=O)[C@H](CCC(=O)O)NC(=O)CNC(=O)CBr)cc1. The molecule has 3 amide bonds. The minimum absolute atomic E-state index is 0.0176. The Balaban J connectivity index is 1.07. The number of nitrogens with zero attached hydrogens (tertiary/aromatic N) is 1. The van der Waals surface area contributed by atoms with Crippen molar-refractivity contribution in [3.8, 4) is 0 Å². The number of carbonyl (C=O) groups excluding carboxylic acids is 5. The molecule has 1 aromatic carbocycles. The molecule has 2 aromatic rings. The number of ether oxygens (including phenoxy) is 2. The molecule has 7 rings (SSSR count). The molecule has 0 bridgehead atoms. The van der Waals surface area contributed by atoms with E-state index in [0.29, 0.717) is 37.1 Å². The Labute approximate surface area is 371 Å². The highest BCUT2D eigenvalue weighted by Crippen LogP contribution is 2.70. The Morgan fingerprint density at radius 3 is 2.51 bits per heavy atom. The predicted octanol–water partition coefficient (Wildman–Crippen LogP) is 3.36. The van der Waals surface area contributed by atoms with Crippen LogP contribution in [0.3, 0.4) is 0 Å². The molecule has 1 saturated heterocycles. The zero-order valence-corrected chi connectivity index (χ0v) is 37.4. The number of carbonyl (C=O) groups is 6. The highest BCUT2D eigenvalue weighted by molar-refractivity contribution is 9.09. The maximum Gasteiger partial charge on any atom is 0.470 e. The van der Waals surface area contributed by atoms with E-state index in [1.807, 2.05) is 43.7 Å².